The Hall–Kier alpha value is -0.470. The fourth-order valence-corrected chi connectivity index (χ4v) is 2.80. The van der Waals surface area contributed by atoms with Crippen molar-refractivity contribution < 1.29 is 0 Å². The van der Waals surface area contributed by atoms with Crippen molar-refractivity contribution >= 4 is 11.8 Å². The molecule has 1 atom stereocenters. The molecule has 0 spiro atoms. The minimum atomic E-state index is 0.510. The largest absolute Gasteiger partial charge is 0.310 e. The molecule has 0 heterocycles. The summed E-state index contributed by atoms with van der Waals surface area (Å²) in [6.45, 7) is 7.94. The van der Waals surface area contributed by atoms with Crippen LogP contribution in [0.3, 0.4) is 0 Å². The second-order valence-corrected chi connectivity index (χ2v) is 6.07. The van der Waals surface area contributed by atoms with Gasteiger partial charge in [0.1, 0.15) is 0 Å². The number of hydrogen-bond donors (Lipinski definition) is 1. The van der Waals surface area contributed by atoms with Gasteiger partial charge in [-0.05, 0) is 49.6 Å². The third kappa shape index (κ3) is 5.03. The first-order valence-corrected chi connectivity index (χ1v) is 8.27. The predicted octanol–water partition coefficient (Wildman–Crippen LogP) is 4.89. The van der Waals surface area contributed by atoms with E-state index in [0.29, 0.717) is 6.04 Å². The molecule has 18 heavy (non-hydrogen) atoms. The molecule has 1 unspecified atom stereocenters. The molecule has 0 fully saturated rings. The third-order valence-corrected chi connectivity index (χ3v) is 4.00. The van der Waals surface area contributed by atoms with E-state index < -0.39 is 0 Å². The molecule has 0 aliphatic carbocycles. The molecule has 0 aliphatic heterocycles. The van der Waals surface area contributed by atoms with Crippen LogP contribution in [0.4, 0.5) is 0 Å². The lowest BCUT2D eigenvalue weighted by Crippen LogP contribution is -2.23. The van der Waals surface area contributed by atoms with Gasteiger partial charge in [0, 0.05) is 10.9 Å². The van der Waals surface area contributed by atoms with Gasteiger partial charge in [-0.3, -0.25) is 0 Å². The molecule has 0 saturated carbocycles. The normalized spacial score (nSPS) is 12.9. The molecule has 0 aliphatic rings. The minimum absolute atomic E-state index is 0.510. The predicted molar refractivity (Wildman–Crippen MR) is 83.3 cm³/mol. The highest BCUT2D eigenvalue weighted by atomic mass is 32.2. The Bertz CT molecular complexity index is 336. The van der Waals surface area contributed by atoms with Gasteiger partial charge in [-0.15, -0.1) is 11.8 Å². The van der Waals surface area contributed by atoms with Gasteiger partial charge in [0.05, 0.1) is 0 Å². The van der Waals surface area contributed by atoms with E-state index >= 15 is 0 Å². The van der Waals surface area contributed by atoms with E-state index in [9.17, 15) is 0 Å². The molecule has 2 heteroatoms. The zero-order valence-corrected chi connectivity index (χ0v) is 13.0. The molecule has 0 saturated heterocycles. The van der Waals surface area contributed by atoms with Crippen LogP contribution in [0.15, 0.2) is 29.2 Å². The summed E-state index contributed by atoms with van der Waals surface area (Å²) >= 11 is 1.85. The van der Waals surface area contributed by atoms with Crippen LogP contribution >= 0.6 is 11.8 Å². The first-order valence-electron chi connectivity index (χ1n) is 7.05. The summed E-state index contributed by atoms with van der Waals surface area (Å²) in [6, 6.07) is 9.31. The monoisotopic (exact) mass is 265 g/mol. The Morgan fingerprint density at radius 3 is 2.50 bits per heavy atom. The average molecular weight is 265 g/mol. The van der Waals surface area contributed by atoms with E-state index in [0.717, 1.165) is 12.5 Å². The summed E-state index contributed by atoms with van der Waals surface area (Å²) in [7, 11) is 0. The van der Waals surface area contributed by atoms with Crippen LogP contribution in [0, 0.1) is 5.92 Å². The van der Waals surface area contributed by atoms with Crippen molar-refractivity contribution in [3.63, 3.8) is 0 Å². The van der Waals surface area contributed by atoms with E-state index in [-0.39, 0.29) is 0 Å². The van der Waals surface area contributed by atoms with Gasteiger partial charge >= 0.3 is 0 Å². The number of thioether (sulfide) groups is 1. The van der Waals surface area contributed by atoms with Crippen molar-refractivity contribution in [2.45, 2.75) is 51.0 Å². The summed E-state index contributed by atoms with van der Waals surface area (Å²) in [5, 5.41) is 3.70. The molecule has 1 aromatic rings. The number of hydrogen-bond acceptors (Lipinski definition) is 2. The molecule has 0 radical (unpaired) electrons. The first kappa shape index (κ1) is 15.6. The van der Waals surface area contributed by atoms with Crippen molar-refractivity contribution in [3.05, 3.63) is 29.8 Å². The average Bonchev–Trinajstić information content (AvgIpc) is 2.38. The zero-order chi connectivity index (χ0) is 13.4. The van der Waals surface area contributed by atoms with E-state index in [4.69, 9.17) is 0 Å². The standard InChI is InChI=1S/C16H27NS/c1-5-12-17-15(11-10-13(2)3)14-8-6-7-9-16(14)18-4/h6-9,13,15,17H,5,10-12H2,1-4H3. The van der Waals surface area contributed by atoms with Crippen molar-refractivity contribution in [3.8, 4) is 0 Å². The van der Waals surface area contributed by atoms with Gasteiger partial charge in [-0.25, -0.2) is 0 Å². The van der Waals surface area contributed by atoms with Crippen LogP contribution < -0.4 is 5.32 Å². The highest BCUT2D eigenvalue weighted by molar-refractivity contribution is 7.98. The fraction of sp³-hybridized carbons (Fsp3) is 0.625. The quantitative estimate of drug-likeness (QED) is 0.672. The number of benzene rings is 1. The second-order valence-electron chi connectivity index (χ2n) is 5.22. The lowest BCUT2D eigenvalue weighted by molar-refractivity contribution is 0.437. The molecule has 0 bridgehead atoms. The Morgan fingerprint density at radius 2 is 1.89 bits per heavy atom. The van der Waals surface area contributed by atoms with Gasteiger partial charge in [0.25, 0.3) is 0 Å². The zero-order valence-electron chi connectivity index (χ0n) is 12.2. The highest BCUT2D eigenvalue weighted by Crippen LogP contribution is 2.29. The molecule has 1 aromatic carbocycles. The van der Waals surface area contributed by atoms with Gasteiger partial charge in [0.2, 0.25) is 0 Å². The van der Waals surface area contributed by atoms with E-state index in [1.165, 1.54) is 29.7 Å². The third-order valence-electron chi connectivity index (χ3n) is 3.19. The summed E-state index contributed by atoms with van der Waals surface area (Å²) in [5.41, 5.74) is 1.47. The van der Waals surface area contributed by atoms with Crippen LogP contribution in [0.2, 0.25) is 0 Å². The topological polar surface area (TPSA) is 12.0 Å². The van der Waals surface area contributed by atoms with E-state index in [1.54, 1.807) is 0 Å². The van der Waals surface area contributed by atoms with Crippen LogP contribution in [0.25, 0.3) is 0 Å². The first-order chi connectivity index (χ1) is 8.69. The maximum Gasteiger partial charge on any atom is 0.0331 e. The Morgan fingerprint density at radius 1 is 1.17 bits per heavy atom. The fourth-order valence-electron chi connectivity index (χ4n) is 2.14. The SMILES string of the molecule is CCCNC(CCC(C)C)c1ccccc1SC. The molecule has 1 N–H and O–H groups in total. The van der Waals surface area contributed by atoms with Crippen molar-refractivity contribution in [1.29, 1.82) is 0 Å². The molecule has 0 amide bonds. The molecule has 0 aromatic heterocycles. The van der Waals surface area contributed by atoms with Crippen molar-refractivity contribution in [2.24, 2.45) is 5.92 Å². The van der Waals surface area contributed by atoms with Gasteiger partial charge in [-0.2, -0.15) is 0 Å². The van der Waals surface area contributed by atoms with Gasteiger partial charge in [-0.1, -0.05) is 39.0 Å². The van der Waals surface area contributed by atoms with E-state index in [1.807, 2.05) is 11.8 Å². The smallest absolute Gasteiger partial charge is 0.0331 e. The van der Waals surface area contributed by atoms with Crippen LogP contribution in [-0.2, 0) is 0 Å². The summed E-state index contributed by atoms with van der Waals surface area (Å²) in [6.07, 6.45) is 5.87. The summed E-state index contributed by atoms with van der Waals surface area (Å²) in [4.78, 5) is 1.41. The summed E-state index contributed by atoms with van der Waals surface area (Å²) in [5.74, 6) is 0.775. The Balaban J connectivity index is 2.79. The maximum atomic E-state index is 3.70. The summed E-state index contributed by atoms with van der Waals surface area (Å²) < 4.78 is 0. The molecule has 102 valence electrons. The van der Waals surface area contributed by atoms with Crippen LogP contribution in [-0.4, -0.2) is 12.8 Å². The van der Waals surface area contributed by atoms with Gasteiger partial charge in [0.15, 0.2) is 0 Å². The van der Waals surface area contributed by atoms with Crippen LogP contribution in [0.1, 0.15) is 51.6 Å². The second kappa shape index (κ2) is 8.60. The maximum absolute atomic E-state index is 3.70. The van der Waals surface area contributed by atoms with Crippen molar-refractivity contribution in [2.75, 3.05) is 12.8 Å². The Labute approximate surface area is 117 Å². The highest BCUT2D eigenvalue weighted by Gasteiger charge is 2.14. The lowest BCUT2D eigenvalue weighted by Gasteiger charge is -2.22. The lowest BCUT2D eigenvalue weighted by atomic mass is 9.97. The number of rotatable bonds is 8. The van der Waals surface area contributed by atoms with Crippen molar-refractivity contribution in [1.82, 2.24) is 5.32 Å². The van der Waals surface area contributed by atoms with Gasteiger partial charge < -0.3 is 5.32 Å². The van der Waals surface area contributed by atoms with Crippen LogP contribution in [0.5, 0.6) is 0 Å². The molecule has 1 nitrogen and oxygen atoms in total. The number of nitrogens with one attached hydrogen (secondary N) is 1. The minimum Gasteiger partial charge on any atom is -0.310 e. The Kier molecular flexibility index (Phi) is 7.45. The molecular formula is C16H27NS. The van der Waals surface area contributed by atoms with E-state index in [2.05, 4.69) is 56.6 Å². The molecule has 1 rings (SSSR count). The molecular weight excluding hydrogens is 238 g/mol.